The van der Waals surface area contributed by atoms with Crippen LogP contribution >= 0.6 is 22.9 Å². The van der Waals surface area contributed by atoms with E-state index in [1.54, 1.807) is 12.4 Å². The molecule has 19 heavy (non-hydrogen) atoms. The van der Waals surface area contributed by atoms with E-state index in [0.29, 0.717) is 17.8 Å². The Kier molecular flexibility index (Phi) is 3.03. The zero-order valence-corrected chi connectivity index (χ0v) is 12.0. The van der Waals surface area contributed by atoms with Crippen LogP contribution in [0.3, 0.4) is 0 Å². The fourth-order valence-corrected chi connectivity index (χ4v) is 2.97. The molecule has 0 amide bonds. The van der Waals surface area contributed by atoms with Crippen molar-refractivity contribution in [2.45, 2.75) is 6.54 Å². The predicted octanol–water partition coefficient (Wildman–Crippen LogP) is 1.42. The molecule has 8 heteroatoms. The second-order valence-electron chi connectivity index (χ2n) is 4.20. The topological polar surface area (TPSA) is 63.9 Å². The van der Waals surface area contributed by atoms with Crippen LogP contribution in [0.2, 0.25) is 0 Å². The van der Waals surface area contributed by atoms with Crippen LogP contribution in [0.25, 0.3) is 10.2 Å². The Bertz CT molecular complexity index is 773. The lowest BCUT2D eigenvalue weighted by molar-refractivity contribution is 0.718. The fourth-order valence-electron chi connectivity index (χ4n) is 1.65. The van der Waals surface area contributed by atoms with Crippen molar-refractivity contribution in [1.82, 2.24) is 18.9 Å². The molecule has 0 atom stereocenters. The Balaban J connectivity index is 1.96. The summed E-state index contributed by atoms with van der Waals surface area (Å²) < 4.78 is 5.78. The molecule has 0 spiro atoms. The molecule has 0 saturated carbocycles. The Morgan fingerprint density at radius 1 is 1.42 bits per heavy atom. The number of rotatable bonds is 3. The molecule has 0 aliphatic rings. The van der Waals surface area contributed by atoms with Crippen LogP contribution in [0.1, 0.15) is 5.82 Å². The van der Waals surface area contributed by atoms with Crippen LogP contribution < -0.4 is 10.5 Å². The van der Waals surface area contributed by atoms with Gasteiger partial charge >= 0.3 is 0 Å². The summed E-state index contributed by atoms with van der Waals surface area (Å²) in [5, 5.41) is 3.34. The van der Waals surface area contributed by atoms with Crippen molar-refractivity contribution in [2.75, 3.05) is 19.0 Å². The summed E-state index contributed by atoms with van der Waals surface area (Å²) in [6.07, 6.45) is 1.55. The first-order valence-electron chi connectivity index (χ1n) is 5.57. The molecule has 98 valence electrons. The number of thiophene rings is 1. The van der Waals surface area contributed by atoms with Gasteiger partial charge in [0.05, 0.1) is 18.3 Å². The van der Waals surface area contributed by atoms with E-state index in [-0.39, 0.29) is 5.56 Å². The standard InChI is InChI=1S/C11H11N5OS2/c1-15(2)11-13-8(14-19-11)5-16-6-12-9-7(10(16)17)3-4-18-9/h3-4,6H,5H2,1-2H3. The van der Waals surface area contributed by atoms with E-state index in [4.69, 9.17) is 0 Å². The average Bonchev–Trinajstić information content (AvgIpc) is 3.01. The van der Waals surface area contributed by atoms with E-state index in [9.17, 15) is 4.79 Å². The Morgan fingerprint density at radius 3 is 3.00 bits per heavy atom. The molecule has 0 bridgehead atoms. The normalized spacial score (nSPS) is 11.1. The molecular formula is C11H11N5OS2. The lowest BCUT2D eigenvalue weighted by Crippen LogP contribution is -2.21. The van der Waals surface area contributed by atoms with E-state index in [1.807, 2.05) is 24.4 Å². The van der Waals surface area contributed by atoms with Crippen LogP contribution in [0.15, 0.2) is 22.6 Å². The van der Waals surface area contributed by atoms with Gasteiger partial charge in [-0.1, -0.05) is 0 Å². The van der Waals surface area contributed by atoms with Gasteiger partial charge in [-0.05, 0) is 11.4 Å². The summed E-state index contributed by atoms with van der Waals surface area (Å²) in [7, 11) is 3.82. The van der Waals surface area contributed by atoms with Gasteiger partial charge in [-0.15, -0.1) is 11.3 Å². The van der Waals surface area contributed by atoms with E-state index in [0.717, 1.165) is 9.96 Å². The molecule has 0 unspecified atom stereocenters. The molecule has 0 aromatic carbocycles. The van der Waals surface area contributed by atoms with Crippen molar-refractivity contribution in [3.63, 3.8) is 0 Å². The van der Waals surface area contributed by atoms with Crippen molar-refractivity contribution < 1.29 is 0 Å². The first-order valence-corrected chi connectivity index (χ1v) is 7.23. The SMILES string of the molecule is CN(C)c1nc(Cn2cnc3sccc3c2=O)ns1. The highest BCUT2D eigenvalue weighted by molar-refractivity contribution is 7.16. The van der Waals surface area contributed by atoms with Crippen LogP contribution in [0.5, 0.6) is 0 Å². The largest absolute Gasteiger partial charge is 0.353 e. The first kappa shape index (κ1) is 12.2. The Morgan fingerprint density at radius 2 is 2.26 bits per heavy atom. The number of nitrogens with zero attached hydrogens (tertiary/aromatic N) is 5. The molecule has 0 N–H and O–H groups in total. The fraction of sp³-hybridized carbons (Fsp3) is 0.273. The zero-order chi connectivity index (χ0) is 13.4. The monoisotopic (exact) mass is 293 g/mol. The average molecular weight is 293 g/mol. The van der Waals surface area contributed by atoms with Crippen molar-refractivity contribution in [2.24, 2.45) is 0 Å². The number of aromatic nitrogens is 4. The van der Waals surface area contributed by atoms with Crippen molar-refractivity contribution in [3.05, 3.63) is 34.0 Å². The van der Waals surface area contributed by atoms with Gasteiger partial charge in [0.25, 0.3) is 5.56 Å². The molecule has 6 nitrogen and oxygen atoms in total. The van der Waals surface area contributed by atoms with Crippen molar-refractivity contribution in [3.8, 4) is 0 Å². The van der Waals surface area contributed by atoms with Gasteiger partial charge in [-0.3, -0.25) is 9.36 Å². The number of fused-ring (bicyclic) bond motifs is 1. The summed E-state index contributed by atoms with van der Waals surface area (Å²) in [6, 6.07) is 1.80. The van der Waals surface area contributed by atoms with E-state index in [2.05, 4.69) is 14.3 Å². The van der Waals surface area contributed by atoms with Crippen molar-refractivity contribution in [1.29, 1.82) is 0 Å². The predicted molar refractivity (Wildman–Crippen MR) is 77.2 cm³/mol. The summed E-state index contributed by atoms with van der Waals surface area (Å²) in [5.41, 5.74) is -0.0487. The second kappa shape index (κ2) is 4.71. The highest BCUT2D eigenvalue weighted by Gasteiger charge is 2.09. The van der Waals surface area contributed by atoms with Gasteiger partial charge in [0.15, 0.2) is 5.82 Å². The van der Waals surface area contributed by atoms with Gasteiger partial charge in [0.2, 0.25) is 5.13 Å². The molecular weight excluding hydrogens is 282 g/mol. The molecule has 0 aliphatic heterocycles. The Hall–Kier alpha value is -1.80. The lowest BCUT2D eigenvalue weighted by Gasteiger charge is -2.04. The third kappa shape index (κ3) is 2.24. The molecule has 3 heterocycles. The lowest BCUT2D eigenvalue weighted by atomic mass is 10.4. The quantitative estimate of drug-likeness (QED) is 0.731. The third-order valence-corrected chi connectivity index (χ3v) is 4.34. The minimum absolute atomic E-state index is 0.0487. The summed E-state index contributed by atoms with van der Waals surface area (Å²) in [6.45, 7) is 0.349. The smallest absolute Gasteiger partial charge is 0.262 e. The van der Waals surface area contributed by atoms with E-state index in [1.165, 1.54) is 27.4 Å². The summed E-state index contributed by atoms with van der Waals surface area (Å²) >= 11 is 2.78. The number of hydrogen-bond acceptors (Lipinski definition) is 7. The highest BCUT2D eigenvalue weighted by atomic mass is 32.1. The van der Waals surface area contributed by atoms with Crippen LogP contribution in [0, 0.1) is 0 Å². The zero-order valence-electron chi connectivity index (χ0n) is 10.4. The molecule has 3 rings (SSSR count). The van der Waals surface area contributed by atoms with Crippen LogP contribution in [0.4, 0.5) is 5.13 Å². The molecule has 0 radical (unpaired) electrons. The van der Waals surface area contributed by atoms with Gasteiger partial charge < -0.3 is 4.90 Å². The van der Waals surface area contributed by atoms with Gasteiger partial charge in [-0.2, -0.15) is 4.37 Å². The third-order valence-electron chi connectivity index (χ3n) is 2.60. The van der Waals surface area contributed by atoms with E-state index >= 15 is 0 Å². The minimum atomic E-state index is -0.0487. The maximum absolute atomic E-state index is 12.2. The van der Waals surface area contributed by atoms with Crippen LogP contribution in [-0.2, 0) is 6.54 Å². The van der Waals surface area contributed by atoms with Gasteiger partial charge in [0, 0.05) is 25.6 Å². The summed E-state index contributed by atoms with van der Waals surface area (Å²) in [4.78, 5) is 23.5. The van der Waals surface area contributed by atoms with Gasteiger partial charge in [0.1, 0.15) is 4.83 Å². The van der Waals surface area contributed by atoms with Gasteiger partial charge in [-0.25, -0.2) is 9.97 Å². The van der Waals surface area contributed by atoms with Crippen LogP contribution in [-0.4, -0.2) is 33.0 Å². The number of hydrogen-bond donors (Lipinski definition) is 0. The first-order chi connectivity index (χ1) is 9.15. The molecule has 3 aromatic rings. The maximum atomic E-state index is 12.2. The Labute approximate surface area is 117 Å². The van der Waals surface area contributed by atoms with E-state index < -0.39 is 0 Å². The highest BCUT2D eigenvalue weighted by Crippen LogP contribution is 2.15. The maximum Gasteiger partial charge on any atom is 0.262 e. The molecule has 0 fully saturated rings. The second-order valence-corrected chi connectivity index (χ2v) is 5.83. The molecule has 3 aromatic heterocycles. The molecule has 0 aliphatic carbocycles. The van der Waals surface area contributed by atoms with Crippen molar-refractivity contribution >= 4 is 38.2 Å². The summed E-state index contributed by atoms with van der Waals surface area (Å²) in [5.74, 6) is 0.632. The molecule has 0 saturated heterocycles. The number of anilines is 1. The minimum Gasteiger partial charge on any atom is -0.353 e.